The molecule has 0 spiro atoms. The monoisotopic (exact) mass is 318 g/mol. The highest BCUT2D eigenvalue weighted by Crippen LogP contribution is 2.21. The largest absolute Gasteiger partial charge is 0.481 e. The van der Waals surface area contributed by atoms with E-state index in [-0.39, 0.29) is 23.0 Å². The first kappa shape index (κ1) is 17.2. The van der Waals surface area contributed by atoms with E-state index in [1.54, 1.807) is 0 Å². The highest BCUT2D eigenvalue weighted by atomic mass is 32.2. The van der Waals surface area contributed by atoms with Crippen LogP contribution >= 0.6 is 0 Å². The molecule has 0 aliphatic carbocycles. The summed E-state index contributed by atoms with van der Waals surface area (Å²) in [5.74, 6) is -2.21. The molecular formula is C12H18N2O6S. The first-order chi connectivity index (χ1) is 9.57. The van der Waals surface area contributed by atoms with Crippen molar-refractivity contribution in [2.45, 2.75) is 18.9 Å². The van der Waals surface area contributed by atoms with Crippen LogP contribution in [0.4, 0.5) is 0 Å². The lowest BCUT2D eigenvalue weighted by molar-refractivity contribution is -0.140. The molecule has 118 valence electrons. The highest BCUT2D eigenvalue weighted by Gasteiger charge is 2.26. The zero-order valence-corrected chi connectivity index (χ0v) is 13.0. The Morgan fingerprint density at radius 2 is 2.00 bits per heavy atom. The third-order valence-electron chi connectivity index (χ3n) is 2.87. The fourth-order valence-electron chi connectivity index (χ4n) is 1.42. The summed E-state index contributed by atoms with van der Waals surface area (Å²) in [5.41, 5.74) is 0.0630. The Morgan fingerprint density at radius 3 is 2.48 bits per heavy atom. The lowest BCUT2D eigenvalue weighted by atomic mass is 10.2. The zero-order valence-electron chi connectivity index (χ0n) is 12.2. The van der Waals surface area contributed by atoms with Gasteiger partial charge in [0.25, 0.3) is 15.9 Å². The van der Waals surface area contributed by atoms with Crippen LogP contribution in [-0.2, 0) is 14.8 Å². The van der Waals surface area contributed by atoms with Gasteiger partial charge in [0.2, 0.25) is 5.09 Å². The SMILES string of the molecule is Cc1oc(S(=O)(=O)N(C)C)cc1C(=O)NCC(C)C(=O)O. The summed E-state index contributed by atoms with van der Waals surface area (Å²) in [6.45, 7) is 2.85. The van der Waals surface area contributed by atoms with Crippen molar-refractivity contribution >= 4 is 21.9 Å². The maximum absolute atomic E-state index is 11.9. The van der Waals surface area contributed by atoms with E-state index in [9.17, 15) is 18.0 Å². The summed E-state index contributed by atoms with van der Waals surface area (Å²) in [5, 5.41) is 10.8. The number of amides is 1. The van der Waals surface area contributed by atoms with Gasteiger partial charge in [-0.25, -0.2) is 12.7 Å². The number of aliphatic carboxylic acids is 1. The molecule has 0 aromatic carbocycles. The quantitative estimate of drug-likeness (QED) is 0.778. The molecule has 1 aromatic heterocycles. The van der Waals surface area contributed by atoms with Crippen LogP contribution in [0.2, 0.25) is 0 Å². The van der Waals surface area contributed by atoms with Gasteiger partial charge in [-0.1, -0.05) is 6.92 Å². The van der Waals surface area contributed by atoms with E-state index >= 15 is 0 Å². The van der Waals surface area contributed by atoms with Crippen molar-refractivity contribution in [2.75, 3.05) is 20.6 Å². The average Bonchev–Trinajstić information content (AvgIpc) is 2.77. The number of furan rings is 1. The molecule has 1 heterocycles. The molecule has 1 rings (SSSR count). The van der Waals surface area contributed by atoms with Gasteiger partial charge in [0.05, 0.1) is 11.5 Å². The number of hydrogen-bond acceptors (Lipinski definition) is 5. The topological polar surface area (TPSA) is 117 Å². The van der Waals surface area contributed by atoms with Crippen LogP contribution in [0.5, 0.6) is 0 Å². The van der Waals surface area contributed by atoms with E-state index in [1.807, 2.05) is 0 Å². The van der Waals surface area contributed by atoms with E-state index < -0.39 is 27.8 Å². The van der Waals surface area contributed by atoms with Crippen LogP contribution in [0.1, 0.15) is 23.0 Å². The summed E-state index contributed by atoms with van der Waals surface area (Å²) >= 11 is 0. The number of aryl methyl sites for hydroxylation is 1. The molecule has 0 aliphatic rings. The van der Waals surface area contributed by atoms with Crippen LogP contribution in [0, 0.1) is 12.8 Å². The van der Waals surface area contributed by atoms with Gasteiger partial charge in [-0.3, -0.25) is 9.59 Å². The van der Waals surface area contributed by atoms with E-state index in [4.69, 9.17) is 9.52 Å². The minimum atomic E-state index is -3.76. The van der Waals surface area contributed by atoms with Crippen molar-refractivity contribution in [3.05, 3.63) is 17.4 Å². The molecule has 1 atom stereocenters. The smallest absolute Gasteiger partial charge is 0.308 e. The first-order valence-corrected chi connectivity index (χ1v) is 7.55. The van der Waals surface area contributed by atoms with Crippen LogP contribution in [0.3, 0.4) is 0 Å². The fraction of sp³-hybridized carbons (Fsp3) is 0.500. The second kappa shape index (κ2) is 6.27. The van der Waals surface area contributed by atoms with Crippen LogP contribution in [0.15, 0.2) is 15.6 Å². The number of carbonyl (C=O) groups is 2. The predicted octanol–water partition coefficient (Wildman–Crippen LogP) is 0.289. The predicted molar refractivity (Wildman–Crippen MR) is 73.5 cm³/mol. The minimum absolute atomic E-state index is 0.0610. The van der Waals surface area contributed by atoms with Gasteiger partial charge in [-0.05, 0) is 6.92 Å². The number of nitrogens with one attached hydrogen (secondary N) is 1. The van der Waals surface area contributed by atoms with Gasteiger partial charge < -0.3 is 14.8 Å². The van der Waals surface area contributed by atoms with Crippen molar-refractivity contribution in [3.8, 4) is 0 Å². The van der Waals surface area contributed by atoms with Crippen molar-refractivity contribution in [1.82, 2.24) is 9.62 Å². The number of hydrogen-bond donors (Lipinski definition) is 2. The number of carboxylic acids is 1. The van der Waals surface area contributed by atoms with Crippen molar-refractivity contribution in [3.63, 3.8) is 0 Å². The van der Waals surface area contributed by atoms with Gasteiger partial charge in [0.15, 0.2) is 0 Å². The van der Waals surface area contributed by atoms with Gasteiger partial charge in [0.1, 0.15) is 5.76 Å². The zero-order chi connectivity index (χ0) is 16.4. The first-order valence-electron chi connectivity index (χ1n) is 6.11. The molecule has 0 saturated carbocycles. The van der Waals surface area contributed by atoms with Crippen molar-refractivity contribution in [1.29, 1.82) is 0 Å². The highest BCUT2D eigenvalue weighted by molar-refractivity contribution is 7.88. The molecule has 9 heteroatoms. The third kappa shape index (κ3) is 3.82. The summed E-state index contributed by atoms with van der Waals surface area (Å²) < 4.78 is 29.9. The Kier molecular flexibility index (Phi) is 5.13. The van der Waals surface area contributed by atoms with E-state index in [2.05, 4.69) is 5.32 Å². The van der Waals surface area contributed by atoms with Crippen molar-refractivity contribution < 1.29 is 27.5 Å². The molecule has 0 fully saturated rings. The Bertz CT molecular complexity index is 647. The summed E-state index contributed by atoms with van der Waals surface area (Å²) in [6.07, 6.45) is 0. The minimum Gasteiger partial charge on any atom is -0.481 e. The maximum Gasteiger partial charge on any atom is 0.308 e. The Labute approximate surface area is 122 Å². The standard InChI is InChI=1S/C12H18N2O6S/c1-7(12(16)17)6-13-11(15)9-5-10(20-8(9)2)21(18,19)14(3)4/h5,7H,6H2,1-4H3,(H,13,15)(H,16,17). The lowest BCUT2D eigenvalue weighted by Gasteiger charge is -2.07. The Hall–Kier alpha value is -1.87. The van der Waals surface area contributed by atoms with E-state index in [0.29, 0.717) is 0 Å². The molecule has 21 heavy (non-hydrogen) atoms. The van der Waals surface area contributed by atoms with Gasteiger partial charge >= 0.3 is 5.97 Å². The molecule has 0 radical (unpaired) electrons. The van der Waals surface area contributed by atoms with Crippen LogP contribution in [-0.4, -0.2) is 50.3 Å². The molecule has 1 aromatic rings. The van der Waals surface area contributed by atoms with Crippen LogP contribution < -0.4 is 5.32 Å². The summed E-state index contributed by atoms with van der Waals surface area (Å²) in [4.78, 5) is 22.6. The van der Waals surface area contributed by atoms with E-state index in [0.717, 1.165) is 10.4 Å². The van der Waals surface area contributed by atoms with Crippen LogP contribution in [0.25, 0.3) is 0 Å². The molecule has 8 nitrogen and oxygen atoms in total. The second-order valence-corrected chi connectivity index (χ2v) is 6.85. The number of nitrogens with zero attached hydrogens (tertiary/aromatic N) is 1. The number of carbonyl (C=O) groups excluding carboxylic acids is 1. The molecule has 1 unspecified atom stereocenters. The molecule has 2 N–H and O–H groups in total. The third-order valence-corrected chi connectivity index (χ3v) is 4.54. The molecule has 0 saturated heterocycles. The Morgan fingerprint density at radius 1 is 1.43 bits per heavy atom. The number of sulfonamides is 1. The summed E-state index contributed by atoms with van der Waals surface area (Å²) in [7, 11) is -1.07. The maximum atomic E-state index is 11.9. The van der Waals surface area contributed by atoms with Gasteiger partial charge in [0, 0.05) is 26.7 Å². The van der Waals surface area contributed by atoms with Gasteiger partial charge in [-0.2, -0.15) is 0 Å². The molecule has 0 bridgehead atoms. The average molecular weight is 318 g/mol. The fourth-order valence-corrected chi connectivity index (χ4v) is 2.27. The lowest BCUT2D eigenvalue weighted by Crippen LogP contribution is -2.31. The Balaban J connectivity index is 2.93. The van der Waals surface area contributed by atoms with Gasteiger partial charge in [-0.15, -0.1) is 0 Å². The number of rotatable bonds is 6. The second-order valence-electron chi connectivity index (χ2n) is 4.77. The molecule has 0 aliphatic heterocycles. The number of carboxylic acid groups (broad SMARTS) is 1. The summed E-state index contributed by atoms with van der Waals surface area (Å²) in [6, 6.07) is 1.13. The normalized spacial score (nSPS) is 13.2. The van der Waals surface area contributed by atoms with E-state index in [1.165, 1.54) is 27.9 Å². The molecule has 1 amide bonds. The molecular weight excluding hydrogens is 300 g/mol. The van der Waals surface area contributed by atoms with Crippen molar-refractivity contribution in [2.24, 2.45) is 5.92 Å².